The number of nitrogens with zero attached hydrogens (tertiary/aromatic N) is 4. The Morgan fingerprint density at radius 3 is 2.67 bits per heavy atom. The van der Waals surface area contributed by atoms with Crippen molar-refractivity contribution in [1.82, 2.24) is 19.6 Å². The molecule has 4 rings (SSSR count). The van der Waals surface area contributed by atoms with Gasteiger partial charge in [0.2, 0.25) is 0 Å². The molecule has 0 radical (unpaired) electrons. The molecular weight excluding hydrogens is 360 g/mol. The third-order valence-electron chi connectivity index (χ3n) is 3.73. The van der Waals surface area contributed by atoms with Gasteiger partial charge in [-0.2, -0.15) is 14.6 Å². The number of amides is 2. The summed E-state index contributed by atoms with van der Waals surface area (Å²) in [5.74, 6) is 0.546. The minimum atomic E-state index is -0.300. The zero-order chi connectivity index (χ0) is 18.6. The molecule has 2 heterocycles. The van der Waals surface area contributed by atoms with E-state index in [1.54, 1.807) is 4.52 Å². The zero-order valence-electron chi connectivity index (χ0n) is 14.5. The summed E-state index contributed by atoms with van der Waals surface area (Å²) >= 11 is 1.49. The molecule has 0 aliphatic heterocycles. The Morgan fingerprint density at radius 2 is 1.81 bits per heavy atom. The highest BCUT2D eigenvalue weighted by molar-refractivity contribution is 7.99. The first-order chi connectivity index (χ1) is 13.2. The van der Waals surface area contributed by atoms with Crippen molar-refractivity contribution in [2.75, 3.05) is 10.6 Å². The number of anilines is 2. The van der Waals surface area contributed by atoms with E-state index >= 15 is 0 Å². The number of fused-ring (bicyclic) bond motifs is 1. The molecule has 4 aromatic rings. The van der Waals surface area contributed by atoms with Gasteiger partial charge in [-0.15, -0.1) is 0 Å². The van der Waals surface area contributed by atoms with Gasteiger partial charge in [0.1, 0.15) is 11.4 Å². The van der Waals surface area contributed by atoms with Crippen LogP contribution >= 0.6 is 11.8 Å². The van der Waals surface area contributed by atoms with Crippen LogP contribution in [-0.4, -0.2) is 25.6 Å². The van der Waals surface area contributed by atoms with Crippen LogP contribution in [0.25, 0.3) is 5.78 Å². The van der Waals surface area contributed by atoms with Crippen LogP contribution < -0.4 is 10.6 Å². The zero-order valence-corrected chi connectivity index (χ0v) is 15.3. The lowest BCUT2D eigenvalue weighted by molar-refractivity contribution is 0.262. The van der Waals surface area contributed by atoms with E-state index in [1.165, 1.54) is 18.1 Å². The number of aryl methyl sites for hydroxylation is 1. The third-order valence-corrected chi connectivity index (χ3v) is 4.80. The average molecular weight is 376 g/mol. The van der Waals surface area contributed by atoms with Crippen LogP contribution in [0.3, 0.4) is 0 Å². The Morgan fingerprint density at radius 1 is 1.04 bits per heavy atom. The van der Waals surface area contributed by atoms with E-state index in [0.717, 1.165) is 21.3 Å². The van der Waals surface area contributed by atoms with E-state index < -0.39 is 0 Å². The summed E-state index contributed by atoms with van der Waals surface area (Å²) in [6.07, 6.45) is 1.48. The predicted octanol–water partition coefficient (Wildman–Crippen LogP) is 4.23. The quantitative estimate of drug-likeness (QED) is 0.521. The van der Waals surface area contributed by atoms with Gasteiger partial charge in [-0.1, -0.05) is 42.1 Å². The Hall–Kier alpha value is -3.39. The lowest BCUT2D eigenvalue weighted by Crippen LogP contribution is -2.19. The van der Waals surface area contributed by atoms with Crippen LogP contribution in [0.1, 0.15) is 5.69 Å². The van der Waals surface area contributed by atoms with E-state index in [2.05, 4.69) is 25.7 Å². The first-order valence-corrected chi connectivity index (χ1v) is 9.08. The molecule has 0 saturated carbocycles. The number of carbonyl (C=O) groups excluding carboxylic acids is 1. The molecule has 8 heteroatoms. The van der Waals surface area contributed by atoms with E-state index in [1.807, 2.05) is 67.6 Å². The molecule has 0 spiro atoms. The highest BCUT2D eigenvalue weighted by atomic mass is 32.2. The number of aromatic nitrogens is 4. The van der Waals surface area contributed by atoms with Crippen molar-refractivity contribution in [2.24, 2.45) is 0 Å². The van der Waals surface area contributed by atoms with Gasteiger partial charge >= 0.3 is 6.03 Å². The second-order valence-electron chi connectivity index (χ2n) is 5.75. The molecule has 0 saturated heterocycles. The number of carbonyl (C=O) groups is 1. The van der Waals surface area contributed by atoms with Crippen molar-refractivity contribution in [3.8, 4) is 0 Å². The lowest BCUT2D eigenvalue weighted by Gasteiger charge is -2.12. The standard InChI is InChI=1S/C19H16N6OS/c1-13-11-17(25-18(22-13)20-12-21-25)27-16-10-6-5-9-15(16)24-19(26)23-14-7-3-2-4-8-14/h2-12H,1H3,(H2,23,24,26). The third kappa shape index (κ3) is 3.90. The Bertz CT molecular complexity index is 1100. The smallest absolute Gasteiger partial charge is 0.308 e. The van der Waals surface area contributed by atoms with Crippen LogP contribution in [0, 0.1) is 6.92 Å². The lowest BCUT2D eigenvalue weighted by atomic mass is 10.3. The first-order valence-electron chi connectivity index (χ1n) is 8.26. The van der Waals surface area contributed by atoms with Gasteiger partial charge in [-0.25, -0.2) is 9.78 Å². The normalized spacial score (nSPS) is 10.7. The molecule has 7 nitrogen and oxygen atoms in total. The monoisotopic (exact) mass is 376 g/mol. The van der Waals surface area contributed by atoms with Crippen LogP contribution in [0.2, 0.25) is 0 Å². The van der Waals surface area contributed by atoms with Gasteiger partial charge in [-0.3, -0.25) is 0 Å². The number of benzene rings is 2. The topological polar surface area (TPSA) is 84.2 Å². The summed E-state index contributed by atoms with van der Waals surface area (Å²) < 4.78 is 1.68. The Kier molecular flexibility index (Phi) is 4.71. The van der Waals surface area contributed by atoms with Gasteiger partial charge in [0.05, 0.1) is 5.69 Å². The first kappa shape index (κ1) is 17.0. The predicted molar refractivity (Wildman–Crippen MR) is 105 cm³/mol. The summed E-state index contributed by atoms with van der Waals surface area (Å²) in [6.45, 7) is 1.91. The number of para-hydroxylation sites is 2. The maximum absolute atomic E-state index is 12.3. The minimum absolute atomic E-state index is 0.300. The minimum Gasteiger partial charge on any atom is -0.308 e. The average Bonchev–Trinajstić information content (AvgIpc) is 3.12. The molecular formula is C19H16N6OS. The summed E-state index contributed by atoms with van der Waals surface area (Å²) in [5.41, 5.74) is 2.29. The van der Waals surface area contributed by atoms with Gasteiger partial charge in [0, 0.05) is 16.3 Å². The van der Waals surface area contributed by atoms with Crippen molar-refractivity contribution in [2.45, 2.75) is 16.8 Å². The highest BCUT2D eigenvalue weighted by Gasteiger charge is 2.12. The van der Waals surface area contributed by atoms with Crippen LogP contribution in [0.5, 0.6) is 0 Å². The second-order valence-corrected chi connectivity index (χ2v) is 6.81. The summed E-state index contributed by atoms with van der Waals surface area (Å²) in [4.78, 5) is 21.7. The van der Waals surface area contributed by atoms with Crippen molar-refractivity contribution < 1.29 is 4.79 Å². The molecule has 134 valence electrons. The molecule has 0 atom stereocenters. The number of urea groups is 1. The van der Waals surface area contributed by atoms with Crippen molar-refractivity contribution in [1.29, 1.82) is 0 Å². The molecule has 27 heavy (non-hydrogen) atoms. The van der Waals surface area contributed by atoms with Crippen LogP contribution in [0.4, 0.5) is 16.2 Å². The molecule has 2 amide bonds. The number of nitrogens with one attached hydrogen (secondary N) is 2. The summed E-state index contributed by atoms with van der Waals surface area (Å²) in [5, 5.41) is 10.8. The summed E-state index contributed by atoms with van der Waals surface area (Å²) in [7, 11) is 0. The summed E-state index contributed by atoms with van der Waals surface area (Å²) in [6, 6.07) is 18.6. The van der Waals surface area contributed by atoms with E-state index in [-0.39, 0.29) is 6.03 Å². The molecule has 0 unspecified atom stereocenters. The fraction of sp³-hybridized carbons (Fsp3) is 0.0526. The maximum Gasteiger partial charge on any atom is 0.323 e. The Balaban J connectivity index is 1.57. The molecule has 2 N–H and O–H groups in total. The molecule has 2 aromatic carbocycles. The molecule has 2 aromatic heterocycles. The number of hydrogen-bond acceptors (Lipinski definition) is 5. The van der Waals surface area contributed by atoms with Gasteiger partial charge in [0.25, 0.3) is 5.78 Å². The maximum atomic E-state index is 12.3. The van der Waals surface area contributed by atoms with E-state index in [4.69, 9.17) is 0 Å². The fourth-order valence-electron chi connectivity index (χ4n) is 2.55. The molecule has 0 bridgehead atoms. The van der Waals surface area contributed by atoms with Gasteiger partial charge in [0.15, 0.2) is 0 Å². The molecule has 0 aliphatic carbocycles. The highest BCUT2D eigenvalue weighted by Crippen LogP contribution is 2.33. The largest absolute Gasteiger partial charge is 0.323 e. The van der Waals surface area contributed by atoms with E-state index in [9.17, 15) is 4.79 Å². The van der Waals surface area contributed by atoms with Crippen molar-refractivity contribution in [3.63, 3.8) is 0 Å². The SMILES string of the molecule is Cc1cc(Sc2ccccc2NC(=O)Nc2ccccc2)n2ncnc2n1. The van der Waals surface area contributed by atoms with Gasteiger partial charge in [-0.05, 0) is 37.3 Å². The molecule has 0 fully saturated rings. The van der Waals surface area contributed by atoms with Crippen molar-refractivity contribution >= 4 is 34.9 Å². The van der Waals surface area contributed by atoms with Gasteiger partial charge < -0.3 is 10.6 Å². The number of hydrogen-bond donors (Lipinski definition) is 2. The van der Waals surface area contributed by atoms with E-state index in [0.29, 0.717) is 11.5 Å². The van der Waals surface area contributed by atoms with Crippen LogP contribution in [0.15, 0.2) is 76.9 Å². The second kappa shape index (κ2) is 7.46. The number of rotatable bonds is 4. The fourth-order valence-corrected chi connectivity index (χ4v) is 3.59. The van der Waals surface area contributed by atoms with Crippen LogP contribution in [-0.2, 0) is 0 Å². The Labute approximate surface area is 159 Å². The molecule has 0 aliphatic rings. The van der Waals surface area contributed by atoms with Crippen molar-refractivity contribution in [3.05, 3.63) is 72.7 Å².